The fraction of sp³-hybridized carbons (Fsp3) is 0.150. The monoisotopic (exact) mass is 481 g/mol. The van der Waals surface area contributed by atoms with E-state index in [1.807, 2.05) is 0 Å². The quantitative estimate of drug-likeness (QED) is 0.354. The van der Waals surface area contributed by atoms with Gasteiger partial charge in [-0.25, -0.2) is 9.97 Å². The van der Waals surface area contributed by atoms with Crippen LogP contribution in [-0.4, -0.2) is 21.1 Å². The highest BCUT2D eigenvalue weighted by atomic mass is 35.5. The molecule has 4 rings (SSSR count). The minimum Gasteiger partial charge on any atom is -0.368 e. The van der Waals surface area contributed by atoms with Gasteiger partial charge in [-0.05, 0) is 24.3 Å². The third-order valence-corrected chi connectivity index (χ3v) is 6.02. The topological polar surface area (TPSA) is 66.5 Å². The summed E-state index contributed by atoms with van der Waals surface area (Å²) in [6.45, 7) is 0.816. The molecule has 0 amide bonds. The second-order valence-electron chi connectivity index (χ2n) is 6.53. The van der Waals surface area contributed by atoms with Crippen LogP contribution in [0.25, 0.3) is 21.5 Å². The van der Waals surface area contributed by atoms with E-state index < -0.39 is 11.7 Å². The SMILES string of the molecule is N#Cc1cc2c(Cl)cc(Cl)cc2n1CCNc1cc(-c2cc(C(F)(F)F)cs2)ncn1. The number of aromatic nitrogens is 3. The van der Waals surface area contributed by atoms with Gasteiger partial charge >= 0.3 is 6.18 Å². The summed E-state index contributed by atoms with van der Waals surface area (Å²) in [4.78, 5) is 8.57. The maximum atomic E-state index is 12.8. The summed E-state index contributed by atoms with van der Waals surface area (Å²) in [5.74, 6) is 0.456. The second kappa shape index (κ2) is 8.38. The molecule has 0 saturated carbocycles. The lowest BCUT2D eigenvalue weighted by molar-refractivity contribution is -0.137. The van der Waals surface area contributed by atoms with Crippen LogP contribution in [0.1, 0.15) is 11.3 Å². The Morgan fingerprint density at radius 3 is 2.65 bits per heavy atom. The molecule has 3 aromatic heterocycles. The lowest BCUT2D eigenvalue weighted by atomic mass is 10.2. The van der Waals surface area contributed by atoms with E-state index in [1.165, 1.54) is 6.33 Å². The molecule has 0 aliphatic carbocycles. The Morgan fingerprint density at radius 1 is 1.13 bits per heavy atom. The van der Waals surface area contributed by atoms with E-state index >= 15 is 0 Å². The first-order valence-electron chi connectivity index (χ1n) is 8.86. The summed E-state index contributed by atoms with van der Waals surface area (Å²) >= 11 is 13.3. The first-order chi connectivity index (χ1) is 14.8. The number of hydrogen-bond acceptors (Lipinski definition) is 5. The fourth-order valence-corrected chi connectivity index (χ4v) is 4.54. The Bertz CT molecular complexity index is 1310. The van der Waals surface area contributed by atoms with E-state index in [1.54, 1.807) is 28.8 Å². The van der Waals surface area contributed by atoms with Gasteiger partial charge in [-0.15, -0.1) is 11.3 Å². The molecule has 4 aromatic rings. The molecule has 158 valence electrons. The van der Waals surface area contributed by atoms with Gasteiger partial charge in [-0.3, -0.25) is 0 Å². The van der Waals surface area contributed by atoms with E-state index in [0.29, 0.717) is 45.2 Å². The molecule has 5 nitrogen and oxygen atoms in total. The Balaban J connectivity index is 1.52. The third-order valence-electron chi connectivity index (χ3n) is 4.54. The standard InChI is InChI=1S/C20H12Cl2F3N5S/c21-12-4-15(22)14-6-13(8-26)30(17(14)5-12)2-1-27-19-7-16(28-10-29-19)18-3-11(9-31-18)20(23,24)25/h3-7,9-10H,1-2H2,(H,27,28,29). The summed E-state index contributed by atoms with van der Waals surface area (Å²) in [6, 6.07) is 9.84. The molecule has 0 aliphatic rings. The molecule has 0 unspecified atom stereocenters. The van der Waals surface area contributed by atoms with Crippen LogP contribution in [0.2, 0.25) is 10.0 Å². The van der Waals surface area contributed by atoms with E-state index in [2.05, 4.69) is 21.4 Å². The third kappa shape index (κ3) is 4.46. The zero-order valence-corrected chi connectivity index (χ0v) is 17.9. The molecule has 31 heavy (non-hydrogen) atoms. The first-order valence-corrected chi connectivity index (χ1v) is 10.5. The molecular weight excluding hydrogens is 470 g/mol. The molecule has 3 heterocycles. The van der Waals surface area contributed by atoms with Crippen LogP contribution in [-0.2, 0) is 12.7 Å². The van der Waals surface area contributed by atoms with Gasteiger partial charge in [-0.2, -0.15) is 18.4 Å². The summed E-state index contributed by atoms with van der Waals surface area (Å²) in [5, 5.41) is 15.3. The van der Waals surface area contributed by atoms with Crippen LogP contribution in [0.3, 0.4) is 0 Å². The molecule has 0 aliphatic heterocycles. The predicted octanol–water partition coefficient (Wildman–Crippen LogP) is 6.47. The number of rotatable bonds is 5. The van der Waals surface area contributed by atoms with Gasteiger partial charge in [-0.1, -0.05) is 23.2 Å². The number of anilines is 1. The molecule has 0 spiro atoms. The second-order valence-corrected chi connectivity index (χ2v) is 8.28. The average molecular weight is 482 g/mol. The first kappa shape index (κ1) is 21.4. The molecule has 0 fully saturated rings. The molecule has 1 aromatic carbocycles. The highest BCUT2D eigenvalue weighted by molar-refractivity contribution is 7.13. The van der Waals surface area contributed by atoms with E-state index in [0.717, 1.165) is 33.7 Å². The Hall–Kier alpha value is -2.80. The average Bonchev–Trinajstić information content (AvgIpc) is 3.34. The van der Waals surface area contributed by atoms with E-state index in [9.17, 15) is 18.4 Å². The zero-order valence-electron chi connectivity index (χ0n) is 15.5. The molecule has 0 atom stereocenters. The van der Waals surface area contributed by atoms with Gasteiger partial charge in [0.25, 0.3) is 0 Å². The minimum atomic E-state index is -4.40. The number of hydrogen-bond donors (Lipinski definition) is 1. The molecular formula is C20H12Cl2F3N5S. The van der Waals surface area contributed by atoms with Gasteiger partial charge in [0, 0.05) is 34.9 Å². The van der Waals surface area contributed by atoms with E-state index in [-0.39, 0.29) is 0 Å². The van der Waals surface area contributed by atoms with Crippen LogP contribution in [0, 0.1) is 11.3 Å². The van der Waals surface area contributed by atoms with Crippen molar-refractivity contribution in [1.82, 2.24) is 14.5 Å². The lowest BCUT2D eigenvalue weighted by Gasteiger charge is -2.10. The van der Waals surface area contributed by atoms with Crippen molar-refractivity contribution in [2.24, 2.45) is 0 Å². The molecule has 0 radical (unpaired) electrons. The summed E-state index contributed by atoms with van der Waals surface area (Å²) in [7, 11) is 0. The number of thiophene rings is 1. The lowest BCUT2D eigenvalue weighted by Crippen LogP contribution is -2.12. The Labute approximate surface area is 188 Å². The van der Waals surface area contributed by atoms with Crippen molar-refractivity contribution < 1.29 is 13.2 Å². The van der Waals surface area contributed by atoms with Crippen molar-refractivity contribution >= 4 is 51.3 Å². The van der Waals surface area contributed by atoms with Crippen LogP contribution in [0.5, 0.6) is 0 Å². The largest absolute Gasteiger partial charge is 0.417 e. The van der Waals surface area contributed by atoms with Crippen LogP contribution < -0.4 is 5.32 Å². The van der Waals surface area contributed by atoms with Crippen molar-refractivity contribution in [3.8, 4) is 16.6 Å². The molecule has 11 heteroatoms. The highest BCUT2D eigenvalue weighted by Crippen LogP contribution is 2.36. The number of alkyl halides is 3. The van der Waals surface area contributed by atoms with Gasteiger partial charge in [0.05, 0.1) is 26.7 Å². The number of fused-ring (bicyclic) bond motifs is 1. The summed E-state index contributed by atoms with van der Waals surface area (Å²) in [5.41, 5.74) is 0.849. The molecule has 1 N–H and O–H groups in total. The van der Waals surface area contributed by atoms with Gasteiger partial charge in [0.2, 0.25) is 0 Å². The smallest absolute Gasteiger partial charge is 0.368 e. The van der Waals surface area contributed by atoms with Crippen molar-refractivity contribution in [3.63, 3.8) is 0 Å². The van der Waals surface area contributed by atoms with Crippen molar-refractivity contribution in [2.45, 2.75) is 12.7 Å². The summed E-state index contributed by atoms with van der Waals surface area (Å²) < 4.78 is 40.3. The maximum absolute atomic E-state index is 12.8. The highest BCUT2D eigenvalue weighted by Gasteiger charge is 2.31. The minimum absolute atomic E-state index is 0.390. The number of halogens is 5. The fourth-order valence-electron chi connectivity index (χ4n) is 3.12. The van der Waals surface area contributed by atoms with Crippen LogP contribution >= 0.6 is 34.5 Å². The van der Waals surface area contributed by atoms with Crippen molar-refractivity contribution in [1.29, 1.82) is 5.26 Å². The van der Waals surface area contributed by atoms with Gasteiger partial charge in [0.1, 0.15) is 23.9 Å². The normalized spacial score (nSPS) is 11.6. The van der Waals surface area contributed by atoms with Crippen LogP contribution in [0.15, 0.2) is 42.0 Å². The molecule has 0 bridgehead atoms. The number of benzene rings is 1. The Kier molecular flexibility index (Phi) is 5.79. The maximum Gasteiger partial charge on any atom is 0.417 e. The van der Waals surface area contributed by atoms with Gasteiger partial charge < -0.3 is 9.88 Å². The summed E-state index contributed by atoms with van der Waals surface area (Å²) in [6.07, 6.45) is -3.11. The van der Waals surface area contributed by atoms with Gasteiger partial charge in [0.15, 0.2) is 0 Å². The Morgan fingerprint density at radius 2 is 1.94 bits per heavy atom. The zero-order chi connectivity index (χ0) is 22.2. The van der Waals surface area contributed by atoms with Crippen LogP contribution in [0.4, 0.5) is 19.0 Å². The predicted molar refractivity (Wildman–Crippen MR) is 116 cm³/mol. The number of nitrogens with zero attached hydrogens (tertiary/aromatic N) is 4. The number of nitriles is 1. The van der Waals surface area contributed by atoms with Crippen molar-refractivity contribution in [2.75, 3.05) is 11.9 Å². The van der Waals surface area contributed by atoms with Crippen molar-refractivity contribution in [3.05, 3.63) is 63.3 Å². The number of nitrogens with one attached hydrogen (secondary N) is 1. The van der Waals surface area contributed by atoms with E-state index in [4.69, 9.17) is 23.2 Å². The molecule has 0 saturated heterocycles.